The van der Waals surface area contributed by atoms with Crippen LogP contribution in [0.1, 0.15) is 32.3 Å². The summed E-state index contributed by atoms with van der Waals surface area (Å²) >= 11 is 1.82. The molecular formula is C23H34N2O5S. The summed E-state index contributed by atoms with van der Waals surface area (Å²) in [6, 6.07) is 12.5. The van der Waals surface area contributed by atoms with Gasteiger partial charge in [-0.15, -0.1) is 0 Å². The van der Waals surface area contributed by atoms with Crippen LogP contribution in [0.5, 0.6) is 5.75 Å². The number of nitrogens with zero attached hydrogens (tertiary/aromatic N) is 2. The maximum atomic E-state index is 12.0. The van der Waals surface area contributed by atoms with Gasteiger partial charge in [-0.25, -0.2) is 4.79 Å². The Balaban J connectivity index is 0.00000240. The summed E-state index contributed by atoms with van der Waals surface area (Å²) in [6.07, 6.45) is 5.48. The Morgan fingerprint density at radius 3 is 2.35 bits per heavy atom. The molecule has 0 radical (unpaired) electrons. The molecule has 1 aromatic carbocycles. The van der Waals surface area contributed by atoms with Crippen molar-refractivity contribution in [3.05, 3.63) is 48.2 Å². The van der Waals surface area contributed by atoms with Crippen molar-refractivity contribution < 1.29 is 25.2 Å². The number of thioether (sulfide) groups is 1. The quantitative estimate of drug-likeness (QED) is 0.639. The molecule has 4 N–H and O–H groups in total. The lowest BCUT2D eigenvalue weighted by molar-refractivity contribution is 0.0608. The second kappa shape index (κ2) is 13.2. The zero-order chi connectivity index (χ0) is 20.6. The van der Waals surface area contributed by atoms with Crippen LogP contribution >= 0.6 is 11.8 Å². The Morgan fingerprint density at radius 2 is 1.81 bits per heavy atom. The number of likely N-dealkylation sites (tertiary alicyclic amines) is 1. The Labute approximate surface area is 188 Å². The topological polar surface area (TPSA) is 115 Å². The van der Waals surface area contributed by atoms with Gasteiger partial charge < -0.3 is 25.3 Å². The van der Waals surface area contributed by atoms with Gasteiger partial charge in [0.1, 0.15) is 5.75 Å². The van der Waals surface area contributed by atoms with Gasteiger partial charge in [0.25, 0.3) is 0 Å². The normalized spacial score (nSPS) is 13.9. The van der Waals surface area contributed by atoms with Crippen LogP contribution in [0.4, 0.5) is 4.79 Å². The predicted molar refractivity (Wildman–Crippen MR) is 126 cm³/mol. The average Bonchev–Trinajstić information content (AvgIpc) is 2.73. The van der Waals surface area contributed by atoms with E-state index in [0.29, 0.717) is 12.5 Å². The monoisotopic (exact) mass is 450 g/mol. The van der Waals surface area contributed by atoms with Crippen molar-refractivity contribution in [3.63, 3.8) is 0 Å². The van der Waals surface area contributed by atoms with Crippen molar-refractivity contribution >= 4 is 17.9 Å². The smallest absolute Gasteiger partial charge is 0.410 e. The second-order valence-corrected chi connectivity index (χ2v) is 8.55. The molecule has 1 aliphatic rings. The van der Waals surface area contributed by atoms with Crippen LogP contribution in [0, 0.1) is 5.92 Å². The van der Waals surface area contributed by atoms with Crippen LogP contribution in [0.2, 0.25) is 0 Å². The molecule has 0 atom stereocenters. The van der Waals surface area contributed by atoms with E-state index in [-0.39, 0.29) is 23.1 Å². The number of hydrogen-bond acceptors (Lipinski definition) is 5. The van der Waals surface area contributed by atoms with Gasteiger partial charge >= 0.3 is 6.09 Å². The van der Waals surface area contributed by atoms with Crippen molar-refractivity contribution in [1.29, 1.82) is 0 Å². The zero-order valence-corrected chi connectivity index (χ0v) is 19.3. The molecule has 0 aliphatic carbocycles. The molecule has 1 saturated heterocycles. The minimum atomic E-state index is -0.208. The Bertz CT molecular complexity index is 776. The molecule has 0 saturated carbocycles. The van der Waals surface area contributed by atoms with E-state index in [9.17, 15) is 4.79 Å². The van der Waals surface area contributed by atoms with E-state index < -0.39 is 0 Å². The molecule has 1 aliphatic heterocycles. The maximum absolute atomic E-state index is 12.0. The molecule has 31 heavy (non-hydrogen) atoms. The Kier molecular flexibility index (Phi) is 11.4. The number of amides is 1. The number of rotatable bonds is 7. The number of ether oxygens (including phenoxy) is 2. The summed E-state index contributed by atoms with van der Waals surface area (Å²) in [7, 11) is 0. The molecule has 1 aromatic heterocycles. The van der Waals surface area contributed by atoms with E-state index in [1.165, 1.54) is 5.56 Å². The van der Waals surface area contributed by atoms with Gasteiger partial charge in [0.05, 0.1) is 24.6 Å². The van der Waals surface area contributed by atoms with Crippen molar-refractivity contribution in [3.8, 4) is 17.0 Å². The van der Waals surface area contributed by atoms with Gasteiger partial charge in [-0.2, -0.15) is 11.8 Å². The molecule has 1 fully saturated rings. The molecule has 0 unspecified atom stereocenters. The van der Waals surface area contributed by atoms with Crippen LogP contribution in [-0.2, 0) is 10.5 Å². The molecule has 172 valence electrons. The Morgan fingerprint density at radius 1 is 1.13 bits per heavy atom. The summed E-state index contributed by atoms with van der Waals surface area (Å²) < 4.78 is 11.2. The first-order chi connectivity index (χ1) is 14.0. The molecular weight excluding hydrogens is 416 g/mol. The summed E-state index contributed by atoms with van der Waals surface area (Å²) in [6.45, 7) is 5.85. The lowest BCUT2D eigenvalue weighted by Gasteiger charge is -2.31. The number of aromatic nitrogens is 1. The fourth-order valence-corrected chi connectivity index (χ4v) is 3.87. The van der Waals surface area contributed by atoms with E-state index in [1.54, 1.807) is 11.1 Å². The minimum absolute atomic E-state index is 0. The van der Waals surface area contributed by atoms with Crippen molar-refractivity contribution in [2.24, 2.45) is 5.92 Å². The fraction of sp³-hybridized carbons (Fsp3) is 0.478. The number of carbonyl (C=O) groups excluding carboxylic acids is 1. The summed E-state index contributed by atoms with van der Waals surface area (Å²) in [5.74, 6) is 2.26. The standard InChI is InChI=1S/C23H30N2O3S.2H2O/c1-17(2)28-23(26)25-12-10-18(11-13-25)15-27-21-8-9-22(24-14-21)20-6-4-19(5-7-20)16-29-3;;/h4-9,14,17-18H,10-13,15-16H2,1-3H3;2*1H2. The lowest BCUT2D eigenvalue weighted by atomic mass is 9.98. The number of hydrogen-bond donors (Lipinski definition) is 0. The van der Waals surface area contributed by atoms with E-state index >= 15 is 0 Å². The highest BCUT2D eigenvalue weighted by Gasteiger charge is 2.24. The molecule has 1 amide bonds. The maximum Gasteiger partial charge on any atom is 0.410 e. The molecule has 7 nitrogen and oxygen atoms in total. The fourth-order valence-electron chi connectivity index (χ4n) is 3.35. The summed E-state index contributed by atoms with van der Waals surface area (Å²) in [5.41, 5.74) is 3.39. The summed E-state index contributed by atoms with van der Waals surface area (Å²) in [4.78, 5) is 18.3. The zero-order valence-electron chi connectivity index (χ0n) is 18.5. The van der Waals surface area contributed by atoms with Crippen molar-refractivity contribution in [2.45, 2.75) is 38.5 Å². The van der Waals surface area contributed by atoms with E-state index in [0.717, 1.165) is 48.7 Å². The van der Waals surface area contributed by atoms with Crippen molar-refractivity contribution in [1.82, 2.24) is 9.88 Å². The third kappa shape index (κ3) is 8.05. The summed E-state index contributed by atoms with van der Waals surface area (Å²) in [5, 5.41) is 0. The van der Waals surface area contributed by atoms with Crippen LogP contribution in [0.15, 0.2) is 42.6 Å². The highest BCUT2D eigenvalue weighted by molar-refractivity contribution is 7.97. The van der Waals surface area contributed by atoms with Gasteiger partial charge in [-0.05, 0) is 56.6 Å². The number of carbonyl (C=O) groups is 1. The largest absolute Gasteiger partial charge is 0.492 e. The lowest BCUT2D eigenvalue weighted by Crippen LogP contribution is -2.40. The molecule has 0 spiro atoms. The van der Waals surface area contributed by atoms with Gasteiger partial charge in [-0.1, -0.05) is 24.3 Å². The third-order valence-corrected chi connectivity index (χ3v) is 5.61. The highest BCUT2D eigenvalue weighted by Crippen LogP contribution is 2.23. The van der Waals surface area contributed by atoms with Crippen molar-refractivity contribution in [2.75, 3.05) is 26.0 Å². The first kappa shape index (κ1) is 26.7. The Hall–Kier alpha value is -2.29. The predicted octanol–water partition coefficient (Wildman–Crippen LogP) is 3.60. The minimum Gasteiger partial charge on any atom is -0.492 e. The highest BCUT2D eigenvalue weighted by atomic mass is 32.2. The molecule has 3 rings (SSSR count). The number of pyridine rings is 1. The van der Waals surface area contributed by atoms with Crippen LogP contribution < -0.4 is 4.74 Å². The van der Waals surface area contributed by atoms with Crippen LogP contribution in [-0.4, -0.2) is 59.0 Å². The molecule has 8 heteroatoms. The average molecular weight is 451 g/mol. The van der Waals surface area contributed by atoms with E-state index in [2.05, 4.69) is 35.5 Å². The van der Waals surface area contributed by atoms with Gasteiger partial charge in [0.15, 0.2) is 0 Å². The molecule has 2 aromatic rings. The number of benzene rings is 1. The van der Waals surface area contributed by atoms with E-state index in [1.807, 2.05) is 37.7 Å². The second-order valence-electron chi connectivity index (χ2n) is 7.68. The van der Waals surface area contributed by atoms with Gasteiger partial charge in [0.2, 0.25) is 0 Å². The number of piperidine rings is 1. The van der Waals surface area contributed by atoms with Crippen LogP contribution in [0.25, 0.3) is 11.3 Å². The SMILES string of the molecule is CSCc1ccc(-c2ccc(OCC3CCN(C(=O)OC(C)C)CC3)cn2)cc1.O.O. The molecule has 0 bridgehead atoms. The van der Waals surface area contributed by atoms with Gasteiger partial charge in [0, 0.05) is 24.4 Å². The first-order valence-corrected chi connectivity index (χ1v) is 11.6. The third-order valence-electron chi connectivity index (χ3n) is 4.99. The molecule has 2 heterocycles. The van der Waals surface area contributed by atoms with E-state index in [4.69, 9.17) is 9.47 Å². The van der Waals surface area contributed by atoms with Crippen LogP contribution in [0.3, 0.4) is 0 Å². The first-order valence-electron chi connectivity index (χ1n) is 10.2. The van der Waals surface area contributed by atoms with Gasteiger partial charge in [-0.3, -0.25) is 4.98 Å².